The summed E-state index contributed by atoms with van der Waals surface area (Å²) in [4.78, 5) is 15.9. The van der Waals surface area contributed by atoms with Gasteiger partial charge in [-0.15, -0.1) is 0 Å². The highest BCUT2D eigenvalue weighted by Crippen LogP contribution is 2.15. The van der Waals surface area contributed by atoms with Gasteiger partial charge in [-0.05, 0) is 12.8 Å². The summed E-state index contributed by atoms with van der Waals surface area (Å²) in [6.07, 6.45) is 2.15. The summed E-state index contributed by atoms with van der Waals surface area (Å²) in [5.74, 6) is 0.0446. The SMILES string of the molecule is COCCN(CCOC)C1CCCN(C(=O)CN)C1. The molecule has 6 heteroatoms. The molecule has 19 heavy (non-hydrogen) atoms. The van der Waals surface area contributed by atoms with Gasteiger partial charge in [-0.25, -0.2) is 0 Å². The summed E-state index contributed by atoms with van der Waals surface area (Å²) in [7, 11) is 3.42. The molecule has 1 fully saturated rings. The van der Waals surface area contributed by atoms with Crippen LogP contribution in [-0.4, -0.2) is 81.9 Å². The number of nitrogens with zero attached hydrogens (tertiary/aromatic N) is 2. The number of carbonyl (C=O) groups is 1. The Morgan fingerprint density at radius 2 is 1.95 bits per heavy atom. The van der Waals surface area contributed by atoms with Crippen LogP contribution < -0.4 is 5.73 Å². The third-order valence-corrected chi connectivity index (χ3v) is 3.61. The lowest BCUT2D eigenvalue weighted by atomic mass is 10.0. The van der Waals surface area contributed by atoms with E-state index >= 15 is 0 Å². The fourth-order valence-electron chi connectivity index (χ4n) is 2.50. The number of carbonyl (C=O) groups excluding carboxylic acids is 1. The van der Waals surface area contributed by atoms with Crippen molar-refractivity contribution in [3.8, 4) is 0 Å². The van der Waals surface area contributed by atoms with Gasteiger partial charge >= 0.3 is 0 Å². The normalized spacial score (nSPS) is 20.0. The van der Waals surface area contributed by atoms with Gasteiger partial charge in [-0.1, -0.05) is 0 Å². The minimum atomic E-state index is 0.0446. The zero-order valence-corrected chi connectivity index (χ0v) is 12.1. The van der Waals surface area contributed by atoms with Crippen LogP contribution in [0, 0.1) is 0 Å². The molecule has 1 unspecified atom stereocenters. The molecule has 0 aromatic heterocycles. The second kappa shape index (κ2) is 9.25. The van der Waals surface area contributed by atoms with Crippen LogP contribution in [-0.2, 0) is 14.3 Å². The van der Waals surface area contributed by atoms with E-state index in [-0.39, 0.29) is 12.5 Å². The smallest absolute Gasteiger partial charge is 0.236 e. The van der Waals surface area contributed by atoms with Gasteiger partial charge in [0.25, 0.3) is 0 Å². The van der Waals surface area contributed by atoms with Crippen LogP contribution in [0.1, 0.15) is 12.8 Å². The summed E-state index contributed by atoms with van der Waals surface area (Å²) in [6, 6.07) is 0.384. The molecule has 1 saturated heterocycles. The van der Waals surface area contributed by atoms with Crippen molar-refractivity contribution in [1.29, 1.82) is 0 Å². The quantitative estimate of drug-likeness (QED) is 0.647. The van der Waals surface area contributed by atoms with Crippen molar-refractivity contribution in [1.82, 2.24) is 9.80 Å². The number of piperidine rings is 1. The number of rotatable bonds is 8. The Kier molecular flexibility index (Phi) is 7.97. The summed E-state index contributed by atoms with van der Waals surface area (Å²) in [6.45, 7) is 4.84. The van der Waals surface area contributed by atoms with Crippen molar-refractivity contribution in [2.75, 3.05) is 60.2 Å². The van der Waals surface area contributed by atoms with E-state index in [1.165, 1.54) is 0 Å². The second-order valence-corrected chi connectivity index (χ2v) is 4.86. The first-order valence-corrected chi connectivity index (χ1v) is 6.92. The van der Waals surface area contributed by atoms with Crippen LogP contribution in [0.3, 0.4) is 0 Å². The average Bonchev–Trinajstić information content (AvgIpc) is 2.46. The molecule has 2 N–H and O–H groups in total. The van der Waals surface area contributed by atoms with E-state index in [0.717, 1.165) is 39.0 Å². The van der Waals surface area contributed by atoms with E-state index in [1.54, 1.807) is 14.2 Å². The third kappa shape index (κ3) is 5.44. The summed E-state index contributed by atoms with van der Waals surface area (Å²) in [5, 5.41) is 0. The Morgan fingerprint density at radius 3 is 2.47 bits per heavy atom. The molecule has 1 heterocycles. The molecule has 0 spiro atoms. The fraction of sp³-hybridized carbons (Fsp3) is 0.923. The predicted octanol–water partition coefficient (Wildman–Crippen LogP) is -0.469. The molecule has 6 nitrogen and oxygen atoms in total. The maximum absolute atomic E-state index is 11.7. The van der Waals surface area contributed by atoms with Gasteiger partial charge in [0.05, 0.1) is 19.8 Å². The van der Waals surface area contributed by atoms with Crippen LogP contribution in [0.4, 0.5) is 0 Å². The number of nitrogens with two attached hydrogens (primary N) is 1. The number of ether oxygens (including phenoxy) is 2. The van der Waals surface area contributed by atoms with Crippen LogP contribution in [0.2, 0.25) is 0 Å². The minimum absolute atomic E-state index is 0.0446. The van der Waals surface area contributed by atoms with Crippen LogP contribution in [0.15, 0.2) is 0 Å². The standard InChI is InChI=1S/C13H27N3O3/c1-18-8-6-15(7-9-19-2)12-4-3-5-16(11-12)13(17)10-14/h12H,3-11,14H2,1-2H3. The molecule has 1 aliphatic heterocycles. The molecule has 1 rings (SSSR count). The van der Waals surface area contributed by atoms with Crippen molar-refractivity contribution < 1.29 is 14.3 Å². The maximum Gasteiger partial charge on any atom is 0.236 e. The molecule has 112 valence electrons. The van der Waals surface area contributed by atoms with Gasteiger partial charge in [-0.3, -0.25) is 9.69 Å². The van der Waals surface area contributed by atoms with E-state index in [0.29, 0.717) is 19.3 Å². The van der Waals surface area contributed by atoms with Crippen molar-refractivity contribution >= 4 is 5.91 Å². The average molecular weight is 273 g/mol. The molecule has 1 aliphatic rings. The van der Waals surface area contributed by atoms with Gasteiger partial charge in [0, 0.05) is 46.4 Å². The van der Waals surface area contributed by atoms with E-state index in [4.69, 9.17) is 15.2 Å². The van der Waals surface area contributed by atoms with Gasteiger partial charge in [0.1, 0.15) is 0 Å². The molecule has 0 radical (unpaired) electrons. The first-order chi connectivity index (χ1) is 9.22. The summed E-state index contributed by atoms with van der Waals surface area (Å²) < 4.78 is 10.3. The van der Waals surface area contributed by atoms with E-state index in [9.17, 15) is 4.79 Å². The third-order valence-electron chi connectivity index (χ3n) is 3.61. The van der Waals surface area contributed by atoms with Crippen molar-refractivity contribution in [2.45, 2.75) is 18.9 Å². The molecular weight excluding hydrogens is 246 g/mol. The molecule has 0 aromatic rings. The Bertz CT molecular complexity index is 256. The summed E-state index contributed by atoms with van der Waals surface area (Å²) >= 11 is 0. The topological polar surface area (TPSA) is 68.0 Å². The number of hydrogen-bond acceptors (Lipinski definition) is 5. The molecule has 1 amide bonds. The van der Waals surface area contributed by atoms with Crippen LogP contribution >= 0.6 is 0 Å². The minimum Gasteiger partial charge on any atom is -0.383 e. The number of likely N-dealkylation sites (tertiary alicyclic amines) is 1. The lowest BCUT2D eigenvalue weighted by Gasteiger charge is -2.39. The van der Waals surface area contributed by atoms with Crippen molar-refractivity contribution in [3.63, 3.8) is 0 Å². The van der Waals surface area contributed by atoms with E-state index in [2.05, 4.69) is 4.90 Å². The molecule has 0 bridgehead atoms. The summed E-state index contributed by atoms with van der Waals surface area (Å²) in [5.41, 5.74) is 5.44. The van der Waals surface area contributed by atoms with Crippen LogP contribution in [0.25, 0.3) is 0 Å². The first-order valence-electron chi connectivity index (χ1n) is 6.92. The van der Waals surface area contributed by atoms with Crippen molar-refractivity contribution in [2.24, 2.45) is 5.73 Å². The number of amides is 1. The monoisotopic (exact) mass is 273 g/mol. The Balaban J connectivity index is 2.53. The maximum atomic E-state index is 11.7. The Hall–Kier alpha value is -0.690. The lowest BCUT2D eigenvalue weighted by molar-refractivity contribution is -0.131. The predicted molar refractivity (Wildman–Crippen MR) is 74.0 cm³/mol. The van der Waals surface area contributed by atoms with Gasteiger partial charge in [0.2, 0.25) is 5.91 Å². The zero-order chi connectivity index (χ0) is 14.1. The van der Waals surface area contributed by atoms with E-state index in [1.807, 2.05) is 4.90 Å². The lowest BCUT2D eigenvalue weighted by Crippen LogP contribution is -2.52. The van der Waals surface area contributed by atoms with Crippen LogP contribution in [0.5, 0.6) is 0 Å². The highest BCUT2D eigenvalue weighted by atomic mass is 16.5. The van der Waals surface area contributed by atoms with Gasteiger partial charge in [-0.2, -0.15) is 0 Å². The highest BCUT2D eigenvalue weighted by molar-refractivity contribution is 5.78. The molecular formula is C13H27N3O3. The zero-order valence-electron chi connectivity index (χ0n) is 12.1. The first kappa shape index (κ1) is 16.4. The number of methoxy groups -OCH3 is 2. The van der Waals surface area contributed by atoms with Gasteiger partial charge < -0.3 is 20.1 Å². The molecule has 0 aliphatic carbocycles. The molecule has 0 aromatic carbocycles. The highest BCUT2D eigenvalue weighted by Gasteiger charge is 2.26. The van der Waals surface area contributed by atoms with E-state index < -0.39 is 0 Å². The molecule has 0 saturated carbocycles. The van der Waals surface area contributed by atoms with Crippen molar-refractivity contribution in [3.05, 3.63) is 0 Å². The largest absolute Gasteiger partial charge is 0.383 e. The Morgan fingerprint density at radius 1 is 1.32 bits per heavy atom. The Labute approximate surface area is 115 Å². The number of hydrogen-bond donors (Lipinski definition) is 1. The second-order valence-electron chi connectivity index (χ2n) is 4.86. The van der Waals surface area contributed by atoms with Gasteiger partial charge in [0.15, 0.2) is 0 Å². The fourth-order valence-corrected chi connectivity index (χ4v) is 2.50. The molecule has 1 atom stereocenters.